The number of benzene rings is 1. The Kier molecular flexibility index (Phi) is 5.43. The zero-order valence-corrected chi connectivity index (χ0v) is 16.7. The van der Waals surface area contributed by atoms with Crippen molar-refractivity contribution in [2.45, 2.75) is 25.3 Å². The smallest absolute Gasteiger partial charge is 0.291 e. The van der Waals surface area contributed by atoms with E-state index in [0.717, 1.165) is 10.2 Å². The van der Waals surface area contributed by atoms with Gasteiger partial charge in [0.05, 0.1) is 21.8 Å². The van der Waals surface area contributed by atoms with Gasteiger partial charge in [-0.2, -0.15) is 9.78 Å². The average Bonchev–Trinajstić information content (AvgIpc) is 2.96. The third kappa shape index (κ3) is 4.08. The first-order valence-electron chi connectivity index (χ1n) is 7.78. The van der Waals surface area contributed by atoms with Crippen LogP contribution >= 0.6 is 23.2 Å². The maximum atomic E-state index is 12.5. The van der Waals surface area contributed by atoms with Crippen LogP contribution < -0.4 is 10.3 Å². The number of aromatic nitrogens is 2. The van der Waals surface area contributed by atoms with Crippen molar-refractivity contribution in [3.63, 3.8) is 0 Å². The second-order valence-electron chi connectivity index (χ2n) is 5.78. The number of sulfonamides is 1. The highest BCUT2D eigenvalue weighted by atomic mass is 35.5. The molecule has 0 saturated heterocycles. The summed E-state index contributed by atoms with van der Waals surface area (Å²) in [5.41, 5.74) is 0.529. The van der Waals surface area contributed by atoms with E-state index < -0.39 is 15.6 Å². The molecule has 3 aromatic rings. The summed E-state index contributed by atoms with van der Waals surface area (Å²) in [6.45, 7) is 3.68. The van der Waals surface area contributed by atoms with Gasteiger partial charge in [-0.3, -0.25) is 4.79 Å². The molecule has 0 saturated carbocycles. The van der Waals surface area contributed by atoms with E-state index in [1.54, 1.807) is 19.9 Å². The summed E-state index contributed by atoms with van der Waals surface area (Å²) < 4.78 is 33.9. The van der Waals surface area contributed by atoms with Crippen LogP contribution in [0.5, 0.6) is 0 Å². The zero-order valence-electron chi connectivity index (χ0n) is 14.4. The summed E-state index contributed by atoms with van der Waals surface area (Å²) in [4.78, 5) is 12.2. The number of nitrogens with zero attached hydrogens (tertiary/aromatic N) is 2. The number of hydrogen-bond acceptors (Lipinski definition) is 5. The van der Waals surface area contributed by atoms with Crippen LogP contribution in [-0.4, -0.2) is 18.2 Å². The van der Waals surface area contributed by atoms with Crippen LogP contribution in [-0.2, 0) is 16.6 Å². The molecular weight excluding hydrogens is 413 g/mol. The van der Waals surface area contributed by atoms with Gasteiger partial charge in [-0.25, -0.2) is 13.1 Å². The molecule has 1 aromatic carbocycles. The van der Waals surface area contributed by atoms with E-state index in [0.29, 0.717) is 17.2 Å². The van der Waals surface area contributed by atoms with Gasteiger partial charge in [0.25, 0.3) is 5.56 Å². The van der Waals surface area contributed by atoms with Crippen LogP contribution in [0.3, 0.4) is 0 Å². The topological polar surface area (TPSA) is 94.2 Å². The van der Waals surface area contributed by atoms with Crippen LogP contribution in [0.2, 0.25) is 10.0 Å². The fourth-order valence-electron chi connectivity index (χ4n) is 2.48. The van der Waals surface area contributed by atoms with E-state index in [-0.39, 0.29) is 21.5 Å². The highest BCUT2D eigenvalue weighted by molar-refractivity contribution is 7.89. The fourth-order valence-corrected chi connectivity index (χ4v) is 3.74. The average molecular weight is 428 g/mol. The van der Waals surface area contributed by atoms with E-state index in [4.69, 9.17) is 27.6 Å². The van der Waals surface area contributed by atoms with Crippen molar-refractivity contribution >= 4 is 33.2 Å². The molecule has 3 rings (SSSR count). The van der Waals surface area contributed by atoms with Gasteiger partial charge in [0, 0.05) is 12.1 Å². The molecule has 0 aliphatic rings. The first kappa shape index (κ1) is 19.6. The lowest BCUT2D eigenvalue weighted by Crippen LogP contribution is -2.24. The molecule has 142 valence electrons. The predicted octanol–water partition coefficient (Wildman–Crippen LogP) is 3.23. The minimum Gasteiger partial charge on any atom is -0.466 e. The molecule has 1 N–H and O–H groups in total. The van der Waals surface area contributed by atoms with Crippen LogP contribution in [0.25, 0.3) is 5.69 Å². The maximum Gasteiger partial charge on any atom is 0.291 e. The Morgan fingerprint density at radius 1 is 1.19 bits per heavy atom. The van der Waals surface area contributed by atoms with Crippen LogP contribution in [0.15, 0.2) is 50.6 Å². The minimum absolute atomic E-state index is 0.0473. The van der Waals surface area contributed by atoms with Gasteiger partial charge in [-0.15, -0.1) is 0 Å². The lowest BCUT2D eigenvalue weighted by Gasteiger charge is -2.09. The first-order valence-corrected chi connectivity index (χ1v) is 10.0. The Morgan fingerprint density at radius 2 is 1.85 bits per heavy atom. The normalized spacial score (nSPS) is 11.7. The Bertz CT molecular complexity index is 1150. The number of aryl methyl sites for hydroxylation is 2. The van der Waals surface area contributed by atoms with Crippen molar-refractivity contribution in [3.05, 3.63) is 74.0 Å². The summed E-state index contributed by atoms with van der Waals surface area (Å²) in [7, 11) is -3.74. The molecule has 2 aromatic heterocycles. The Balaban J connectivity index is 1.83. The van der Waals surface area contributed by atoms with E-state index in [9.17, 15) is 13.2 Å². The SMILES string of the molecule is Cc1cc(CNS(=O)(=O)c2ccc(-n3ncc(Cl)c(Cl)c3=O)cc2)c(C)o1. The van der Waals surface area contributed by atoms with Crippen molar-refractivity contribution in [1.29, 1.82) is 0 Å². The molecule has 0 bridgehead atoms. The van der Waals surface area contributed by atoms with Crippen LogP contribution in [0, 0.1) is 13.8 Å². The molecule has 0 aliphatic carbocycles. The summed E-state index contributed by atoms with van der Waals surface area (Å²) in [6, 6.07) is 7.45. The van der Waals surface area contributed by atoms with Gasteiger partial charge >= 0.3 is 0 Å². The number of hydrogen-bond donors (Lipinski definition) is 1. The van der Waals surface area contributed by atoms with Gasteiger partial charge in [0.2, 0.25) is 10.0 Å². The largest absolute Gasteiger partial charge is 0.466 e. The van der Waals surface area contributed by atoms with Crippen LogP contribution in [0.4, 0.5) is 0 Å². The molecule has 0 atom stereocenters. The van der Waals surface area contributed by atoms with Gasteiger partial charge in [-0.05, 0) is 44.2 Å². The zero-order chi connectivity index (χ0) is 19.8. The molecular formula is C17H15Cl2N3O4S. The van der Waals surface area contributed by atoms with Gasteiger partial charge in [0.15, 0.2) is 0 Å². The molecule has 2 heterocycles. The number of furan rings is 1. The Morgan fingerprint density at radius 3 is 2.44 bits per heavy atom. The summed E-state index contributed by atoms with van der Waals surface area (Å²) in [6.07, 6.45) is 1.24. The lowest BCUT2D eigenvalue weighted by atomic mass is 10.2. The summed E-state index contributed by atoms with van der Waals surface area (Å²) in [5, 5.41) is 3.79. The molecule has 27 heavy (non-hydrogen) atoms. The van der Waals surface area contributed by atoms with Crippen molar-refractivity contribution in [2.75, 3.05) is 0 Å². The molecule has 0 radical (unpaired) electrons. The molecule has 0 amide bonds. The van der Waals surface area contributed by atoms with E-state index in [2.05, 4.69) is 9.82 Å². The molecule has 0 fully saturated rings. The molecule has 0 aliphatic heterocycles. The van der Waals surface area contributed by atoms with Crippen molar-refractivity contribution in [2.24, 2.45) is 0 Å². The minimum atomic E-state index is -3.74. The molecule has 0 spiro atoms. The quantitative estimate of drug-likeness (QED) is 0.674. The molecule has 10 heteroatoms. The van der Waals surface area contributed by atoms with Crippen molar-refractivity contribution in [3.8, 4) is 5.69 Å². The third-order valence-electron chi connectivity index (χ3n) is 3.86. The summed E-state index contributed by atoms with van der Waals surface area (Å²) in [5.74, 6) is 1.38. The van der Waals surface area contributed by atoms with E-state index in [1.165, 1.54) is 30.5 Å². The standard InChI is InChI=1S/C17H15Cl2N3O4S/c1-10-7-12(11(2)26-10)8-21-27(24,25)14-5-3-13(4-6-14)22-17(23)16(19)15(18)9-20-22/h3-7,9,21H,8H2,1-2H3. The van der Waals surface area contributed by atoms with E-state index in [1.807, 2.05) is 0 Å². The number of rotatable bonds is 5. The van der Waals surface area contributed by atoms with Gasteiger partial charge < -0.3 is 4.42 Å². The Labute approximate surface area is 165 Å². The third-order valence-corrected chi connectivity index (χ3v) is 6.03. The van der Waals surface area contributed by atoms with Crippen LogP contribution in [0.1, 0.15) is 17.1 Å². The van der Waals surface area contributed by atoms with Gasteiger partial charge in [-0.1, -0.05) is 23.2 Å². The second kappa shape index (κ2) is 7.47. The molecule has 7 nitrogen and oxygen atoms in total. The molecule has 0 unspecified atom stereocenters. The highest BCUT2D eigenvalue weighted by Crippen LogP contribution is 2.18. The van der Waals surface area contributed by atoms with Gasteiger partial charge in [0.1, 0.15) is 16.5 Å². The Hall–Kier alpha value is -2.13. The van der Waals surface area contributed by atoms with Crippen molar-refractivity contribution in [1.82, 2.24) is 14.5 Å². The highest BCUT2D eigenvalue weighted by Gasteiger charge is 2.16. The monoisotopic (exact) mass is 427 g/mol. The maximum absolute atomic E-state index is 12.5. The fraction of sp³-hybridized carbons (Fsp3) is 0.176. The number of nitrogens with one attached hydrogen (secondary N) is 1. The summed E-state index contributed by atoms with van der Waals surface area (Å²) >= 11 is 11.6. The predicted molar refractivity (Wildman–Crippen MR) is 102 cm³/mol. The lowest BCUT2D eigenvalue weighted by molar-refractivity contribution is 0.500. The van der Waals surface area contributed by atoms with Crippen molar-refractivity contribution < 1.29 is 12.8 Å². The second-order valence-corrected chi connectivity index (χ2v) is 8.33. The number of halogens is 2. The first-order chi connectivity index (χ1) is 12.7. The van der Waals surface area contributed by atoms with E-state index >= 15 is 0 Å².